The van der Waals surface area contributed by atoms with E-state index >= 15 is 0 Å². The zero-order valence-corrected chi connectivity index (χ0v) is 24.1. The molecule has 1 heterocycles. The van der Waals surface area contributed by atoms with E-state index in [-0.39, 0.29) is 0 Å². The minimum atomic E-state index is 0.445. The van der Waals surface area contributed by atoms with E-state index in [0.29, 0.717) is 22.5 Å². The minimum Gasteiger partial charge on any atom is -0.208 e. The molecule has 6 aliphatic carbocycles. The third-order valence-electron chi connectivity index (χ3n) is 12.4. The van der Waals surface area contributed by atoms with Crippen molar-refractivity contribution < 1.29 is 0 Å². The lowest BCUT2D eigenvalue weighted by molar-refractivity contribution is -0.596. The lowest BCUT2D eigenvalue weighted by Crippen LogP contribution is -3.12. The predicted molar refractivity (Wildman–Crippen MR) is 172 cm³/mol. The highest BCUT2D eigenvalue weighted by molar-refractivity contribution is 5.73. The van der Waals surface area contributed by atoms with E-state index in [2.05, 4.69) is 103 Å². The SMILES string of the molecule is c1ccc(-c2cccc(C34C5C6C3C3C4C5C63c3ccc(-c4nc(-c5ccccc5)nc(-c5ccccc5)n4)cc3)c2)cc1. The molecule has 0 N–H and O–H groups in total. The van der Waals surface area contributed by atoms with E-state index in [1.807, 2.05) is 36.4 Å². The lowest BCUT2D eigenvalue weighted by atomic mass is 8.91. The maximum atomic E-state index is 4.95. The van der Waals surface area contributed by atoms with Crippen molar-refractivity contribution in [3.63, 3.8) is 0 Å². The second kappa shape index (κ2) is 7.98. The van der Waals surface area contributed by atoms with E-state index in [9.17, 15) is 0 Å². The second-order valence-corrected chi connectivity index (χ2v) is 13.6. The largest absolute Gasteiger partial charge is 0.208 e. The lowest BCUT2D eigenvalue weighted by Gasteiger charge is -3.12. The van der Waals surface area contributed by atoms with Gasteiger partial charge in [0.05, 0.1) is 0 Å². The first kappa shape index (κ1) is 23.6. The molecule has 1 aromatic heterocycles. The van der Waals surface area contributed by atoms with Crippen LogP contribution in [0.25, 0.3) is 45.3 Å². The average molecular weight is 564 g/mol. The van der Waals surface area contributed by atoms with Crippen LogP contribution >= 0.6 is 0 Å². The number of benzene rings is 5. The Morgan fingerprint density at radius 3 is 1.18 bits per heavy atom. The Labute approximate surface area is 256 Å². The van der Waals surface area contributed by atoms with E-state index in [1.165, 1.54) is 11.1 Å². The molecule has 0 bridgehead atoms. The van der Waals surface area contributed by atoms with Crippen LogP contribution in [-0.2, 0) is 10.8 Å². The smallest absolute Gasteiger partial charge is 0.164 e. The maximum Gasteiger partial charge on any atom is 0.164 e. The summed E-state index contributed by atoms with van der Waals surface area (Å²) in [5, 5.41) is 0. The molecule has 0 spiro atoms. The van der Waals surface area contributed by atoms with Crippen molar-refractivity contribution >= 4 is 0 Å². The highest BCUT2D eigenvalue weighted by atomic mass is 15.1. The first-order chi connectivity index (χ1) is 21.8. The number of hydrogen-bond acceptors (Lipinski definition) is 3. The summed E-state index contributed by atoms with van der Waals surface area (Å²) in [5.41, 5.74) is 9.85. The molecular formula is C41H29N3. The highest BCUT2D eigenvalue weighted by Gasteiger charge is 3.09. The van der Waals surface area contributed by atoms with Crippen molar-refractivity contribution in [2.24, 2.45) is 35.5 Å². The van der Waals surface area contributed by atoms with Gasteiger partial charge in [-0.3, -0.25) is 0 Å². The second-order valence-electron chi connectivity index (χ2n) is 13.6. The molecule has 5 aromatic carbocycles. The molecule has 208 valence electrons. The minimum absolute atomic E-state index is 0.445. The maximum absolute atomic E-state index is 4.95. The summed E-state index contributed by atoms with van der Waals surface area (Å²) in [6.45, 7) is 0. The van der Waals surface area contributed by atoms with Crippen LogP contribution in [0.4, 0.5) is 0 Å². The van der Waals surface area contributed by atoms with Gasteiger partial charge in [0.1, 0.15) is 0 Å². The van der Waals surface area contributed by atoms with Gasteiger partial charge in [-0.25, -0.2) is 15.0 Å². The van der Waals surface area contributed by atoms with Gasteiger partial charge in [0, 0.05) is 27.5 Å². The summed E-state index contributed by atoms with van der Waals surface area (Å²) in [6, 6.07) is 50.1. The fraction of sp³-hybridized carbons (Fsp3) is 0.195. The van der Waals surface area contributed by atoms with Crippen LogP contribution in [0.1, 0.15) is 11.1 Å². The van der Waals surface area contributed by atoms with Crippen LogP contribution in [0, 0.1) is 35.5 Å². The fourth-order valence-corrected chi connectivity index (χ4v) is 11.1. The Morgan fingerprint density at radius 1 is 0.318 bits per heavy atom. The number of hydrogen-bond donors (Lipinski definition) is 0. The number of nitrogens with zero attached hydrogens (tertiary/aromatic N) is 3. The van der Waals surface area contributed by atoms with Gasteiger partial charge < -0.3 is 0 Å². The van der Waals surface area contributed by atoms with E-state index in [4.69, 9.17) is 15.0 Å². The molecule has 3 nitrogen and oxygen atoms in total. The van der Waals surface area contributed by atoms with E-state index < -0.39 is 0 Å². The van der Waals surface area contributed by atoms with Gasteiger partial charge in [0.2, 0.25) is 0 Å². The summed E-state index contributed by atoms with van der Waals surface area (Å²) in [7, 11) is 0. The van der Waals surface area contributed by atoms with Gasteiger partial charge in [-0.05, 0) is 57.8 Å². The Balaban J connectivity index is 0.905. The first-order valence-electron chi connectivity index (χ1n) is 15.9. The van der Waals surface area contributed by atoms with Gasteiger partial charge in [-0.2, -0.15) is 0 Å². The molecule has 0 atom stereocenters. The van der Waals surface area contributed by atoms with Gasteiger partial charge in [0.15, 0.2) is 17.5 Å². The van der Waals surface area contributed by atoms with Crippen LogP contribution in [0.3, 0.4) is 0 Å². The molecule has 0 unspecified atom stereocenters. The van der Waals surface area contributed by atoms with Crippen LogP contribution in [0.5, 0.6) is 0 Å². The predicted octanol–water partition coefficient (Wildman–Crippen LogP) is 8.48. The van der Waals surface area contributed by atoms with Crippen LogP contribution in [0.15, 0.2) is 140 Å². The molecule has 44 heavy (non-hydrogen) atoms. The van der Waals surface area contributed by atoms with Gasteiger partial charge in [-0.15, -0.1) is 0 Å². The third kappa shape index (κ3) is 2.50. The zero-order valence-electron chi connectivity index (χ0n) is 24.1. The zero-order chi connectivity index (χ0) is 28.6. The topological polar surface area (TPSA) is 38.7 Å². The fourth-order valence-electron chi connectivity index (χ4n) is 11.1. The molecule has 6 aliphatic rings. The summed E-state index contributed by atoms with van der Waals surface area (Å²) in [6.07, 6.45) is 0. The van der Waals surface area contributed by atoms with Crippen LogP contribution in [0.2, 0.25) is 0 Å². The van der Waals surface area contributed by atoms with Crippen molar-refractivity contribution in [1.29, 1.82) is 0 Å². The summed E-state index contributed by atoms with van der Waals surface area (Å²) >= 11 is 0. The van der Waals surface area contributed by atoms with Crippen molar-refractivity contribution in [2.45, 2.75) is 10.8 Å². The molecule has 0 aliphatic heterocycles. The monoisotopic (exact) mass is 563 g/mol. The third-order valence-corrected chi connectivity index (χ3v) is 12.4. The van der Waals surface area contributed by atoms with Crippen LogP contribution in [-0.4, -0.2) is 15.0 Å². The molecule has 3 heteroatoms. The first-order valence-corrected chi connectivity index (χ1v) is 15.9. The quantitative estimate of drug-likeness (QED) is 0.204. The van der Waals surface area contributed by atoms with E-state index in [0.717, 1.165) is 58.0 Å². The molecule has 12 rings (SSSR count). The molecular weight excluding hydrogens is 534 g/mol. The Bertz CT molecular complexity index is 1990. The summed E-state index contributed by atoms with van der Waals surface area (Å²) in [4.78, 5) is 14.8. The van der Waals surface area contributed by atoms with Crippen molar-refractivity contribution in [3.05, 3.63) is 151 Å². The molecule has 6 saturated carbocycles. The summed E-state index contributed by atoms with van der Waals surface area (Å²) in [5.74, 6) is 7.44. The molecule has 6 fully saturated rings. The summed E-state index contributed by atoms with van der Waals surface area (Å²) < 4.78 is 0. The Morgan fingerprint density at radius 2 is 0.705 bits per heavy atom. The molecule has 0 saturated heterocycles. The van der Waals surface area contributed by atoms with Crippen LogP contribution < -0.4 is 0 Å². The van der Waals surface area contributed by atoms with E-state index in [1.54, 1.807) is 11.1 Å². The standard InChI is InChI=1S/C41H29N3/c1-4-11-24(12-5-1)28-17-10-18-30(23-28)41-34-31-35(41)33-36(41)32(34)40(31,33)29-21-19-27(20-22-29)39-43-37(25-13-6-2-7-14-25)42-38(44-39)26-15-8-3-9-16-26/h1-23,31-36H. The molecule has 0 radical (unpaired) electrons. The molecule has 6 aromatic rings. The number of aromatic nitrogens is 3. The normalized spacial score (nSPS) is 32.3. The number of rotatable bonds is 6. The molecule has 0 amide bonds. The van der Waals surface area contributed by atoms with Gasteiger partial charge in [0.25, 0.3) is 0 Å². The Hall–Kier alpha value is -4.89. The van der Waals surface area contributed by atoms with Crippen molar-refractivity contribution in [3.8, 4) is 45.3 Å². The highest BCUT2D eigenvalue weighted by Crippen LogP contribution is 3.09. The van der Waals surface area contributed by atoms with Crippen molar-refractivity contribution in [1.82, 2.24) is 15.0 Å². The van der Waals surface area contributed by atoms with Gasteiger partial charge in [-0.1, -0.05) is 140 Å². The Kier molecular flexibility index (Phi) is 4.27. The van der Waals surface area contributed by atoms with Crippen molar-refractivity contribution in [2.75, 3.05) is 0 Å². The average Bonchev–Trinajstić information content (AvgIpc) is 3.12. The van der Waals surface area contributed by atoms with Gasteiger partial charge >= 0.3 is 0 Å².